The van der Waals surface area contributed by atoms with Crippen LogP contribution in [0.5, 0.6) is 0 Å². The first-order chi connectivity index (χ1) is 6.02. The van der Waals surface area contributed by atoms with Gasteiger partial charge in [0.2, 0.25) is 0 Å². The van der Waals surface area contributed by atoms with Crippen LogP contribution in [-0.4, -0.2) is 60.9 Å². The summed E-state index contributed by atoms with van der Waals surface area (Å²) in [7, 11) is 3.86. The van der Waals surface area contributed by atoms with Crippen LogP contribution in [0.25, 0.3) is 0 Å². The molecule has 0 spiro atoms. The molecule has 0 aromatic heterocycles. The second-order valence-electron chi connectivity index (χ2n) is 3.27. The van der Waals surface area contributed by atoms with Gasteiger partial charge in [0.1, 0.15) is 0 Å². The van der Waals surface area contributed by atoms with E-state index in [1.807, 2.05) is 19.0 Å². The minimum atomic E-state index is -0.903. The summed E-state index contributed by atoms with van der Waals surface area (Å²) in [6.45, 7) is 1.04. The lowest BCUT2D eigenvalue weighted by Gasteiger charge is -2.14. The third kappa shape index (κ3) is 9.26. The van der Waals surface area contributed by atoms with Crippen LogP contribution in [-0.2, 0) is 4.79 Å². The molecule has 3 N–H and O–H groups in total. The van der Waals surface area contributed by atoms with Crippen LogP contribution in [0.4, 0.5) is 0 Å². The zero-order valence-electron chi connectivity index (χ0n) is 8.16. The highest BCUT2D eigenvalue weighted by Crippen LogP contribution is 1.90. The summed E-state index contributed by atoms with van der Waals surface area (Å²) in [6, 6.07) is 0. The van der Waals surface area contributed by atoms with Crippen LogP contribution < -0.4 is 5.32 Å². The lowest BCUT2D eigenvalue weighted by atomic mass is 10.2. The van der Waals surface area contributed by atoms with Gasteiger partial charge < -0.3 is 20.4 Å². The predicted molar refractivity (Wildman–Crippen MR) is 49.7 cm³/mol. The Labute approximate surface area is 78.4 Å². The second-order valence-corrected chi connectivity index (χ2v) is 3.27. The van der Waals surface area contributed by atoms with E-state index in [0.717, 1.165) is 6.54 Å². The summed E-state index contributed by atoms with van der Waals surface area (Å²) in [5.74, 6) is -0.903. The Hall–Kier alpha value is -0.650. The molecular formula is C8H18N2O3. The van der Waals surface area contributed by atoms with E-state index in [1.165, 1.54) is 0 Å². The van der Waals surface area contributed by atoms with E-state index in [9.17, 15) is 9.90 Å². The summed E-state index contributed by atoms with van der Waals surface area (Å²) in [6.07, 6.45) is 0.182. The Bertz CT molecular complexity index is 150. The quantitative estimate of drug-likeness (QED) is 0.479. The van der Waals surface area contributed by atoms with Crippen molar-refractivity contribution >= 4 is 5.97 Å². The molecular weight excluding hydrogens is 172 g/mol. The van der Waals surface area contributed by atoms with Crippen molar-refractivity contribution in [2.45, 2.75) is 12.5 Å². The van der Waals surface area contributed by atoms with Gasteiger partial charge in [-0.2, -0.15) is 0 Å². The van der Waals surface area contributed by atoms with Gasteiger partial charge in [0.05, 0.1) is 12.6 Å². The normalized spacial score (nSPS) is 13.2. The molecule has 0 aliphatic heterocycles. The number of hydrogen-bond donors (Lipinski definition) is 3. The maximum Gasteiger partial charge on any atom is 0.317 e. The zero-order chi connectivity index (χ0) is 10.3. The maximum absolute atomic E-state index is 10.1. The average Bonchev–Trinajstić information content (AvgIpc) is 2.00. The Balaban J connectivity index is 3.29. The Morgan fingerprint density at radius 2 is 2.15 bits per heavy atom. The van der Waals surface area contributed by atoms with Gasteiger partial charge in [-0.05, 0) is 20.5 Å². The molecule has 0 aliphatic carbocycles. The van der Waals surface area contributed by atoms with E-state index < -0.39 is 12.1 Å². The van der Waals surface area contributed by atoms with E-state index in [2.05, 4.69) is 5.32 Å². The smallest absolute Gasteiger partial charge is 0.317 e. The fraction of sp³-hybridized carbons (Fsp3) is 0.875. The number of aliphatic carboxylic acids is 1. The number of nitrogens with one attached hydrogen (secondary N) is 1. The largest absolute Gasteiger partial charge is 0.480 e. The lowest BCUT2D eigenvalue weighted by Crippen LogP contribution is -2.32. The zero-order valence-corrected chi connectivity index (χ0v) is 8.16. The van der Waals surface area contributed by atoms with E-state index in [-0.39, 0.29) is 6.54 Å². The molecule has 0 amide bonds. The molecule has 1 atom stereocenters. The predicted octanol–water partition coefficient (Wildman–Crippen LogP) is -1.03. The van der Waals surface area contributed by atoms with Crippen molar-refractivity contribution in [1.82, 2.24) is 10.2 Å². The van der Waals surface area contributed by atoms with E-state index in [0.29, 0.717) is 13.0 Å². The molecule has 13 heavy (non-hydrogen) atoms. The van der Waals surface area contributed by atoms with Gasteiger partial charge in [-0.1, -0.05) is 0 Å². The third-order valence-corrected chi connectivity index (χ3v) is 1.57. The summed E-state index contributed by atoms with van der Waals surface area (Å²) < 4.78 is 0. The van der Waals surface area contributed by atoms with Crippen LogP contribution in [0, 0.1) is 0 Å². The first-order valence-corrected chi connectivity index (χ1v) is 4.27. The fourth-order valence-corrected chi connectivity index (χ4v) is 0.855. The summed E-state index contributed by atoms with van der Waals surface area (Å²) >= 11 is 0. The molecule has 0 aromatic carbocycles. The van der Waals surface area contributed by atoms with Gasteiger partial charge >= 0.3 is 5.97 Å². The number of carboxylic acid groups (broad SMARTS) is 1. The standard InChI is InChI=1S/C8H18N2O3/c1-10(2)4-3-7(11)5-9-6-8(12)13/h7,9,11H,3-6H2,1-2H3,(H,12,13). The Morgan fingerprint density at radius 1 is 1.54 bits per heavy atom. The van der Waals surface area contributed by atoms with Gasteiger partial charge in [0, 0.05) is 13.1 Å². The highest BCUT2D eigenvalue weighted by Gasteiger charge is 2.04. The molecule has 0 radical (unpaired) electrons. The van der Waals surface area contributed by atoms with Gasteiger partial charge in [-0.15, -0.1) is 0 Å². The van der Waals surface area contributed by atoms with Gasteiger partial charge in [-0.3, -0.25) is 4.79 Å². The van der Waals surface area contributed by atoms with Gasteiger partial charge in [0.15, 0.2) is 0 Å². The van der Waals surface area contributed by atoms with Crippen LogP contribution >= 0.6 is 0 Å². The molecule has 0 saturated heterocycles. The molecule has 0 aliphatic rings. The van der Waals surface area contributed by atoms with Gasteiger partial charge in [-0.25, -0.2) is 0 Å². The molecule has 5 nitrogen and oxygen atoms in total. The first kappa shape index (κ1) is 12.3. The highest BCUT2D eigenvalue weighted by molar-refractivity contribution is 5.68. The minimum absolute atomic E-state index is 0.0982. The minimum Gasteiger partial charge on any atom is -0.480 e. The van der Waals surface area contributed by atoms with Gasteiger partial charge in [0.25, 0.3) is 0 Å². The van der Waals surface area contributed by atoms with Crippen LogP contribution in [0.3, 0.4) is 0 Å². The molecule has 0 aromatic rings. The molecule has 78 valence electrons. The van der Waals surface area contributed by atoms with Crippen molar-refractivity contribution in [2.24, 2.45) is 0 Å². The van der Waals surface area contributed by atoms with Crippen LogP contribution in [0.15, 0.2) is 0 Å². The van der Waals surface area contributed by atoms with Crippen molar-refractivity contribution in [3.8, 4) is 0 Å². The SMILES string of the molecule is CN(C)CCC(O)CNCC(=O)O. The lowest BCUT2D eigenvalue weighted by molar-refractivity contribution is -0.136. The van der Waals surface area contributed by atoms with Crippen LogP contribution in [0.2, 0.25) is 0 Å². The van der Waals surface area contributed by atoms with Crippen molar-refractivity contribution < 1.29 is 15.0 Å². The van der Waals surface area contributed by atoms with Crippen molar-refractivity contribution in [3.05, 3.63) is 0 Å². The fourth-order valence-electron chi connectivity index (χ4n) is 0.855. The van der Waals surface area contributed by atoms with E-state index in [4.69, 9.17) is 5.11 Å². The van der Waals surface area contributed by atoms with Crippen LogP contribution in [0.1, 0.15) is 6.42 Å². The molecule has 0 rings (SSSR count). The Kier molecular flexibility index (Phi) is 6.48. The third-order valence-electron chi connectivity index (χ3n) is 1.57. The topological polar surface area (TPSA) is 72.8 Å². The van der Waals surface area contributed by atoms with Crippen molar-refractivity contribution in [3.63, 3.8) is 0 Å². The molecule has 0 saturated carbocycles. The average molecular weight is 190 g/mol. The number of carbonyl (C=O) groups is 1. The maximum atomic E-state index is 10.1. The second kappa shape index (κ2) is 6.82. The first-order valence-electron chi connectivity index (χ1n) is 4.27. The van der Waals surface area contributed by atoms with E-state index in [1.54, 1.807) is 0 Å². The highest BCUT2D eigenvalue weighted by atomic mass is 16.4. The van der Waals surface area contributed by atoms with Crippen molar-refractivity contribution in [1.29, 1.82) is 0 Å². The summed E-state index contributed by atoms with van der Waals surface area (Å²) in [4.78, 5) is 12.1. The molecule has 0 bridgehead atoms. The summed E-state index contributed by atoms with van der Waals surface area (Å²) in [5, 5.41) is 20.3. The number of carboxylic acids is 1. The monoisotopic (exact) mass is 190 g/mol. The van der Waals surface area contributed by atoms with Crippen molar-refractivity contribution in [2.75, 3.05) is 33.7 Å². The molecule has 5 heteroatoms. The number of nitrogens with zero attached hydrogens (tertiary/aromatic N) is 1. The number of aliphatic hydroxyl groups excluding tert-OH is 1. The Morgan fingerprint density at radius 3 is 2.62 bits per heavy atom. The summed E-state index contributed by atoms with van der Waals surface area (Å²) in [5.41, 5.74) is 0. The molecule has 0 fully saturated rings. The molecule has 0 heterocycles. The number of rotatable bonds is 7. The molecule has 1 unspecified atom stereocenters. The number of hydrogen-bond acceptors (Lipinski definition) is 4. The number of aliphatic hydroxyl groups is 1. The van der Waals surface area contributed by atoms with E-state index >= 15 is 0 Å².